The second kappa shape index (κ2) is 9.65. The molecule has 0 radical (unpaired) electrons. The fourth-order valence-corrected chi connectivity index (χ4v) is 5.76. The minimum absolute atomic E-state index is 0.0285. The Bertz CT molecular complexity index is 1280. The Balaban J connectivity index is 1.63. The Labute approximate surface area is 198 Å². The molecular weight excluding hydrogens is 459 g/mol. The van der Waals surface area contributed by atoms with Gasteiger partial charge in [-0.2, -0.15) is 4.31 Å². The van der Waals surface area contributed by atoms with E-state index < -0.39 is 27.8 Å². The molecule has 4 rings (SSSR count). The quantitative estimate of drug-likeness (QED) is 0.578. The van der Waals surface area contributed by atoms with Crippen LogP contribution in [0.3, 0.4) is 0 Å². The SMILES string of the molecule is C[C@@H]1CN(S(=O)(=O)c2cccc(C(=O)N[C@@H](c3cccc(F)c3)c3nccn3C)c2)C[C@@H](C)O1. The summed E-state index contributed by atoms with van der Waals surface area (Å²) in [5.41, 5.74) is 0.689. The predicted octanol–water partition coefficient (Wildman–Crippen LogP) is 2.88. The van der Waals surface area contributed by atoms with Crippen molar-refractivity contribution in [1.29, 1.82) is 0 Å². The summed E-state index contributed by atoms with van der Waals surface area (Å²) < 4.78 is 49.2. The van der Waals surface area contributed by atoms with Gasteiger partial charge >= 0.3 is 0 Å². The largest absolute Gasteiger partial charge is 0.373 e. The number of sulfonamides is 1. The van der Waals surface area contributed by atoms with E-state index in [2.05, 4.69) is 10.3 Å². The van der Waals surface area contributed by atoms with Crippen LogP contribution in [0.2, 0.25) is 0 Å². The number of hydrogen-bond donors (Lipinski definition) is 1. The molecule has 3 atom stereocenters. The van der Waals surface area contributed by atoms with Crippen molar-refractivity contribution < 1.29 is 22.3 Å². The highest BCUT2D eigenvalue weighted by Gasteiger charge is 2.32. The summed E-state index contributed by atoms with van der Waals surface area (Å²) in [6.07, 6.45) is 2.86. The summed E-state index contributed by atoms with van der Waals surface area (Å²) in [7, 11) is -2.04. The number of morpholine rings is 1. The number of carbonyl (C=O) groups is 1. The number of ether oxygens (including phenoxy) is 1. The van der Waals surface area contributed by atoms with Gasteiger partial charge in [0.05, 0.1) is 17.1 Å². The second-order valence-electron chi connectivity index (χ2n) is 8.46. The van der Waals surface area contributed by atoms with Crippen molar-refractivity contribution >= 4 is 15.9 Å². The lowest BCUT2D eigenvalue weighted by Gasteiger charge is -2.34. The lowest BCUT2D eigenvalue weighted by molar-refractivity contribution is -0.0440. The maximum absolute atomic E-state index is 13.9. The molecule has 0 bridgehead atoms. The van der Waals surface area contributed by atoms with Crippen molar-refractivity contribution in [2.75, 3.05) is 13.1 Å². The number of nitrogens with one attached hydrogen (secondary N) is 1. The molecule has 2 aromatic carbocycles. The average molecular weight is 487 g/mol. The zero-order chi connectivity index (χ0) is 24.5. The number of nitrogens with zero attached hydrogens (tertiary/aromatic N) is 3. The van der Waals surface area contributed by atoms with Crippen LogP contribution in [0.15, 0.2) is 65.8 Å². The number of rotatable bonds is 6. The van der Waals surface area contributed by atoms with Crippen molar-refractivity contribution in [3.8, 4) is 0 Å². The third-order valence-corrected chi connectivity index (χ3v) is 7.52. The van der Waals surface area contributed by atoms with Crippen molar-refractivity contribution in [1.82, 2.24) is 19.2 Å². The molecule has 1 aliphatic rings. The highest BCUT2D eigenvalue weighted by molar-refractivity contribution is 7.89. The van der Waals surface area contributed by atoms with Crippen LogP contribution in [-0.4, -0.2) is 53.5 Å². The van der Waals surface area contributed by atoms with Crippen molar-refractivity contribution in [3.63, 3.8) is 0 Å². The van der Waals surface area contributed by atoms with Crippen molar-refractivity contribution in [2.45, 2.75) is 37.0 Å². The summed E-state index contributed by atoms with van der Waals surface area (Å²) in [4.78, 5) is 17.5. The number of halogens is 1. The molecule has 2 heterocycles. The third kappa shape index (κ3) is 5.03. The molecule has 3 aromatic rings. The number of hydrogen-bond acceptors (Lipinski definition) is 5. The van der Waals surface area contributed by atoms with E-state index in [9.17, 15) is 17.6 Å². The van der Waals surface area contributed by atoms with Gasteiger partial charge in [0.1, 0.15) is 17.7 Å². The van der Waals surface area contributed by atoms with Crippen LogP contribution >= 0.6 is 0 Å². The maximum atomic E-state index is 13.9. The monoisotopic (exact) mass is 486 g/mol. The number of imidazole rings is 1. The molecule has 0 unspecified atom stereocenters. The van der Waals surface area contributed by atoms with Crippen LogP contribution in [0, 0.1) is 5.82 Å². The highest BCUT2D eigenvalue weighted by atomic mass is 32.2. The normalized spacial score (nSPS) is 20.1. The zero-order valence-electron chi connectivity index (χ0n) is 19.2. The Morgan fingerprint density at radius 3 is 2.50 bits per heavy atom. The van der Waals surface area contributed by atoms with Crippen LogP contribution in [0.4, 0.5) is 4.39 Å². The first-order valence-electron chi connectivity index (χ1n) is 10.9. The molecule has 1 amide bonds. The number of benzene rings is 2. The van der Waals surface area contributed by atoms with Gasteiger partial charge in [0.2, 0.25) is 10.0 Å². The van der Waals surface area contributed by atoms with Gasteiger partial charge in [0, 0.05) is 38.1 Å². The van der Waals surface area contributed by atoms with Gasteiger partial charge in [0.15, 0.2) is 0 Å². The van der Waals surface area contributed by atoms with Gasteiger partial charge in [-0.15, -0.1) is 0 Å². The molecule has 10 heteroatoms. The van der Waals surface area contributed by atoms with E-state index in [0.29, 0.717) is 11.4 Å². The molecule has 0 saturated carbocycles. The fraction of sp³-hybridized carbons (Fsp3) is 0.333. The molecule has 8 nitrogen and oxygen atoms in total. The lowest BCUT2D eigenvalue weighted by atomic mass is 10.0. The molecule has 34 heavy (non-hydrogen) atoms. The molecule has 1 N–H and O–H groups in total. The Morgan fingerprint density at radius 2 is 1.85 bits per heavy atom. The minimum Gasteiger partial charge on any atom is -0.373 e. The first kappa shape index (κ1) is 24.1. The van der Waals surface area contributed by atoms with E-state index in [1.807, 2.05) is 13.8 Å². The summed E-state index contributed by atoms with van der Waals surface area (Å²) in [6.45, 7) is 4.13. The van der Waals surface area contributed by atoms with Gasteiger partial charge in [-0.1, -0.05) is 18.2 Å². The molecule has 0 spiro atoms. The summed E-state index contributed by atoms with van der Waals surface area (Å²) in [5, 5.41) is 2.88. The highest BCUT2D eigenvalue weighted by Crippen LogP contribution is 2.24. The number of aryl methyl sites for hydroxylation is 1. The van der Waals surface area contributed by atoms with Crippen LogP contribution in [0.5, 0.6) is 0 Å². The van der Waals surface area contributed by atoms with Gasteiger partial charge in [-0.25, -0.2) is 17.8 Å². The predicted molar refractivity (Wildman–Crippen MR) is 124 cm³/mol. The summed E-state index contributed by atoms with van der Waals surface area (Å²) in [6, 6.07) is 11.1. The van der Waals surface area contributed by atoms with Crippen LogP contribution in [0.1, 0.15) is 41.6 Å². The molecule has 1 fully saturated rings. The smallest absolute Gasteiger partial charge is 0.252 e. The first-order chi connectivity index (χ1) is 16.1. The molecular formula is C24H27FN4O4S. The van der Waals surface area contributed by atoms with Crippen LogP contribution < -0.4 is 5.32 Å². The molecule has 180 valence electrons. The zero-order valence-corrected chi connectivity index (χ0v) is 20.0. The Morgan fingerprint density at radius 1 is 1.15 bits per heavy atom. The van der Waals surface area contributed by atoms with E-state index in [1.165, 1.54) is 34.6 Å². The minimum atomic E-state index is -3.81. The van der Waals surface area contributed by atoms with E-state index in [0.717, 1.165) is 0 Å². The van der Waals surface area contributed by atoms with E-state index in [-0.39, 0.29) is 35.8 Å². The molecule has 1 saturated heterocycles. The standard InChI is InChI=1S/C24H27FN4O4S/c1-16-14-29(15-17(2)33-16)34(31,32)21-9-5-7-19(13-21)24(30)27-22(23-26-10-11-28(23)3)18-6-4-8-20(25)12-18/h4-13,16-17,22H,14-15H2,1-3H3,(H,27,30)/t16-,17-,22+/m1/s1. The number of aromatic nitrogens is 2. The molecule has 1 aliphatic heterocycles. The van der Waals surface area contributed by atoms with Crippen molar-refractivity contribution in [3.05, 3.63) is 83.7 Å². The van der Waals surface area contributed by atoms with E-state index in [1.54, 1.807) is 42.2 Å². The van der Waals surface area contributed by atoms with E-state index in [4.69, 9.17) is 4.74 Å². The summed E-state index contributed by atoms with van der Waals surface area (Å²) >= 11 is 0. The van der Waals surface area contributed by atoms with Gasteiger partial charge < -0.3 is 14.6 Å². The van der Waals surface area contributed by atoms with Crippen LogP contribution in [0.25, 0.3) is 0 Å². The van der Waals surface area contributed by atoms with Crippen LogP contribution in [-0.2, 0) is 21.8 Å². The van der Waals surface area contributed by atoms with Gasteiger partial charge in [-0.3, -0.25) is 4.79 Å². The van der Waals surface area contributed by atoms with Crippen molar-refractivity contribution in [2.24, 2.45) is 7.05 Å². The second-order valence-corrected chi connectivity index (χ2v) is 10.4. The average Bonchev–Trinajstić information content (AvgIpc) is 3.22. The topological polar surface area (TPSA) is 93.5 Å². The molecule has 0 aliphatic carbocycles. The number of carbonyl (C=O) groups excluding carboxylic acids is 1. The third-order valence-electron chi connectivity index (χ3n) is 5.69. The van der Waals surface area contributed by atoms with Gasteiger partial charge in [0.25, 0.3) is 5.91 Å². The lowest BCUT2D eigenvalue weighted by Crippen LogP contribution is -2.48. The van der Waals surface area contributed by atoms with Gasteiger partial charge in [-0.05, 0) is 49.7 Å². The van der Waals surface area contributed by atoms with E-state index >= 15 is 0 Å². The molecule has 1 aromatic heterocycles. The maximum Gasteiger partial charge on any atom is 0.252 e. The fourth-order valence-electron chi connectivity index (χ4n) is 4.13. The number of amides is 1. The Kier molecular flexibility index (Phi) is 6.83. The Hall–Kier alpha value is -3.08. The summed E-state index contributed by atoms with van der Waals surface area (Å²) in [5.74, 6) is -0.426. The first-order valence-corrected chi connectivity index (χ1v) is 12.4.